The molecule has 9 heteroatoms. The SMILES string of the molecule is CC/C=C\C/C=C\C/C=C\C/C=C\C/C=C\C/C=C\CCCCC(=O)NC(COC1OC(CO)C(O)C(O)C1O)C(O)CCCCCCCCCCCCCCCCCCCCCCCCCCCCCCCC. The van der Waals surface area contributed by atoms with Crippen molar-refractivity contribution in [3.05, 3.63) is 72.9 Å². The first-order valence-corrected chi connectivity index (χ1v) is 31.1. The third kappa shape index (κ3) is 42.7. The van der Waals surface area contributed by atoms with E-state index in [9.17, 15) is 30.3 Å². The second-order valence-electron chi connectivity index (χ2n) is 21.5. The Morgan fingerprint density at radius 3 is 1.22 bits per heavy atom. The molecule has 7 atom stereocenters. The number of aliphatic hydroxyl groups excluding tert-OH is 5. The molecule has 1 amide bonds. The Morgan fingerprint density at radius 1 is 0.473 bits per heavy atom. The average molecular weight is 1040 g/mol. The summed E-state index contributed by atoms with van der Waals surface area (Å²) in [6.07, 6.45) is 68.1. The molecule has 0 aromatic heterocycles. The highest BCUT2D eigenvalue weighted by atomic mass is 16.7. The Hall–Kier alpha value is -2.37. The molecule has 1 aliphatic rings. The number of hydrogen-bond donors (Lipinski definition) is 6. The van der Waals surface area contributed by atoms with Crippen LogP contribution in [0.5, 0.6) is 0 Å². The number of hydrogen-bond acceptors (Lipinski definition) is 8. The van der Waals surface area contributed by atoms with E-state index in [-0.39, 0.29) is 12.5 Å². The highest BCUT2D eigenvalue weighted by Crippen LogP contribution is 2.23. The van der Waals surface area contributed by atoms with Crippen molar-refractivity contribution in [2.24, 2.45) is 0 Å². The van der Waals surface area contributed by atoms with Crippen LogP contribution in [0.4, 0.5) is 0 Å². The molecule has 1 heterocycles. The number of carbonyl (C=O) groups is 1. The van der Waals surface area contributed by atoms with E-state index < -0.39 is 49.5 Å². The lowest BCUT2D eigenvalue weighted by molar-refractivity contribution is -0.302. The van der Waals surface area contributed by atoms with Crippen molar-refractivity contribution in [1.82, 2.24) is 5.32 Å². The molecule has 0 spiro atoms. The van der Waals surface area contributed by atoms with Crippen molar-refractivity contribution >= 4 is 5.91 Å². The van der Waals surface area contributed by atoms with Crippen LogP contribution in [0, 0.1) is 0 Å². The minimum atomic E-state index is -1.57. The van der Waals surface area contributed by atoms with E-state index in [4.69, 9.17) is 9.47 Å². The van der Waals surface area contributed by atoms with Gasteiger partial charge in [0.25, 0.3) is 0 Å². The van der Waals surface area contributed by atoms with Crippen LogP contribution in [0.2, 0.25) is 0 Å². The summed E-state index contributed by atoms with van der Waals surface area (Å²) in [5, 5.41) is 54.7. The van der Waals surface area contributed by atoms with Gasteiger partial charge in [-0.25, -0.2) is 0 Å². The third-order valence-electron chi connectivity index (χ3n) is 14.6. The molecule has 0 bridgehead atoms. The van der Waals surface area contributed by atoms with Crippen molar-refractivity contribution in [2.75, 3.05) is 13.2 Å². The summed E-state index contributed by atoms with van der Waals surface area (Å²) >= 11 is 0. The molecule has 0 aliphatic carbocycles. The molecule has 9 nitrogen and oxygen atoms in total. The van der Waals surface area contributed by atoms with Gasteiger partial charge in [0, 0.05) is 6.42 Å². The van der Waals surface area contributed by atoms with Gasteiger partial charge in [0.2, 0.25) is 5.91 Å². The summed E-state index contributed by atoms with van der Waals surface area (Å²) in [5.41, 5.74) is 0. The van der Waals surface area contributed by atoms with Crippen molar-refractivity contribution in [1.29, 1.82) is 0 Å². The Labute approximate surface area is 455 Å². The van der Waals surface area contributed by atoms with Crippen LogP contribution >= 0.6 is 0 Å². The second kappa shape index (κ2) is 54.0. The number of unbranched alkanes of at least 4 members (excludes halogenated alkanes) is 31. The average Bonchev–Trinajstić information content (AvgIpc) is 3.40. The Morgan fingerprint density at radius 2 is 0.838 bits per heavy atom. The number of amides is 1. The first-order chi connectivity index (χ1) is 36.3. The van der Waals surface area contributed by atoms with E-state index in [1.54, 1.807) is 0 Å². The lowest BCUT2D eigenvalue weighted by Gasteiger charge is -2.40. The van der Waals surface area contributed by atoms with Crippen molar-refractivity contribution < 1.29 is 39.8 Å². The number of ether oxygens (including phenoxy) is 2. The highest BCUT2D eigenvalue weighted by Gasteiger charge is 2.44. The summed E-state index contributed by atoms with van der Waals surface area (Å²) < 4.78 is 11.3. The van der Waals surface area contributed by atoms with E-state index >= 15 is 0 Å². The van der Waals surface area contributed by atoms with Gasteiger partial charge < -0.3 is 40.3 Å². The van der Waals surface area contributed by atoms with Crippen LogP contribution in [0.25, 0.3) is 0 Å². The van der Waals surface area contributed by atoms with Crippen molar-refractivity contribution in [3.8, 4) is 0 Å². The van der Waals surface area contributed by atoms with E-state index in [0.29, 0.717) is 19.3 Å². The summed E-state index contributed by atoms with van der Waals surface area (Å²) in [7, 11) is 0. The standard InChI is InChI=1S/C65H117NO8/c1-3-5-7-9-11-13-15-17-19-21-23-25-26-27-28-29-30-31-32-33-35-36-38-40-42-44-46-48-50-52-54-59(68)58(57-73-65-64(72)63(71)62(70)60(56-67)74-65)66-61(69)55-53-51-49-47-45-43-41-39-37-34-24-22-20-18-16-14-12-10-8-6-4-2/h6,8,12,14,18,20,24,34,39,41,45,47,58-60,62-65,67-68,70-72H,3-5,7,9-11,13,15-17,19,21-23,25-33,35-38,40,42-44,46,48-57H2,1-2H3,(H,66,69)/b8-6-,14-12-,20-18-,34-24-,41-39-,47-45-. The molecule has 0 aromatic rings. The zero-order valence-corrected chi connectivity index (χ0v) is 47.8. The molecule has 74 heavy (non-hydrogen) atoms. The quantitative estimate of drug-likeness (QED) is 0.0261. The summed E-state index contributed by atoms with van der Waals surface area (Å²) in [5.74, 6) is -0.185. The maximum atomic E-state index is 13.1. The van der Waals surface area contributed by atoms with Gasteiger partial charge in [0.1, 0.15) is 24.4 Å². The molecule has 0 saturated carbocycles. The first-order valence-electron chi connectivity index (χ1n) is 31.1. The predicted octanol–water partition coefficient (Wildman–Crippen LogP) is 16.0. The minimum Gasteiger partial charge on any atom is -0.394 e. The molecular weight excluding hydrogens is 923 g/mol. The number of rotatable bonds is 53. The maximum Gasteiger partial charge on any atom is 0.220 e. The van der Waals surface area contributed by atoms with Crippen molar-refractivity contribution in [3.63, 3.8) is 0 Å². The predicted molar refractivity (Wildman–Crippen MR) is 313 cm³/mol. The fourth-order valence-corrected chi connectivity index (χ4v) is 9.70. The molecular formula is C65H117NO8. The van der Waals surface area contributed by atoms with E-state index in [1.807, 2.05) is 0 Å². The molecule has 1 saturated heterocycles. The fourth-order valence-electron chi connectivity index (χ4n) is 9.70. The molecule has 430 valence electrons. The number of carbonyl (C=O) groups excluding carboxylic acids is 1. The van der Waals surface area contributed by atoms with Crippen LogP contribution in [-0.2, 0) is 14.3 Å². The molecule has 7 unspecified atom stereocenters. The first kappa shape index (κ1) is 69.6. The molecule has 1 fully saturated rings. The molecule has 0 aromatic carbocycles. The van der Waals surface area contributed by atoms with Gasteiger partial charge in [0.05, 0.1) is 25.4 Å². The van der Waals surface area contributed by atoms with Crippen LogP contribution < -0.4 is 5.32 Å². The van der Waals surface area contributed by atoms with Crippen LogP contribution in [0.3, 0.4) is 0 Å². The topological polar surface area (TPSA) is 149 Å². The Bertz CT molecular complexity index is 1390. The summed E-state index contributed by atoms with van der Waals surface area (Å²) in [6, 6.07) is -0.748. The van der Waals surface area contributed by atoms with Crippen LogP contribution in [-0.4, -0.2) is 87.5 Å². The normalized spacial score (nSPS) is 19.5. The molecule has 6 N–H and O–H groups in total. The monoisotopic (exact) mass is 1040 g/mol. The van der Waals surface area contributed by atoms with Gasteiger partial charge in [-0.15, -0.1) is 0 Å². The number of nitrogens with one attached hydrogen (secondary N) is 1. The largest absolute Gasteiger partial charge is 0.394 e. The minimum absolute atomic E-state index is 0.159. The third-order valence-corrected chi connectivity index (χ3v) is 14.6. The molecule has 0 radical (unpaired) electrons. The zero-order valence-electron chi connectivity index (χ0n) is 47.8. The van der Waals surface area contributed by atoms with E-state index in [0.717, 1.165) is 70.6 Å². The zero-order chi connectivity index (χ0) is 53.6. The Kier molecular flexibility index (Phi) is 50.8. The summed E-state index contributed by atoms with van der Waals surface area (Å²) in [4.78, 5) is 13.1. The van der Waals surface area contributed by atoms with Gasteiger partial charge in [-0.1, -0.05) is 279 Å². The van der Waals surface area contributed by atoms with Gasteiger partial charge in [-0.2, -0.15) is 0 Å². The summed E-state index contributed by atoms with van der Waals surface area (Å²) in [6.45, 7) is 3.72. The highest BCUT2D eigenvalue weighted by molar-refractivity contribution is 5.76. The Balaban J connectivity index is 2.19. The van der Waals surface area contributed by atoms with Crippen LogP contribution in [0.15, 0.2) is 72.9 Å². The van der Waals surface area contributed by atoms with Gasteiger partial charge in [-0.3, -0.25) is 4.79 Å². The smallest absolute Gasteiger partial charge is 0.220 e. The molecule has 1 aliphatic heterocycles. The van der Waals surface area contributed by atoms with E-state index in [1.165, 1.54) is 173 Å². The maximum absolute atomic E-state index is 13.1. The van der Waals surface area contributed by atoms with Gasteiger partial charge in [-0.05, 0) is 64.2 Å². The number of aliphatic hydroxyl groups is 5. The van der Waals surface area contributed by atoms with Gasteiger partial charge in [0.15, 0.2) is 6.29 Å². The lowest BCUT2D eigenvalue weighted by Crippen LogP contribution is -2.60. The van der Waals surface area contributed by atoms with Crippen LogP contribution in [0.1, 0.15) is 277 Å². The van der Waals surface area contributed by atoms with Crippen molar-refractivity contribution in [2.45, 2.75) is 320 Å². The number of allylic oxidation sites excluding steroid dienone is 12. The van der Waals surface area contributed by atoms with E-state index in [2.05, 4.69) is 92.1 Å². The fraction of sp³-hybridized carbons (Fsp3) is 0.800. The molecule has 1 rings (SSSR count). The van der Waals surface area contributed by atoms with Gasteiger partial charge >= 0.3 is 0 Å². The lowest BCUT2D eigenvalue weighted by atomic mass is 9.99. The second-order valence-corrected chi connectivity index (χ2v) is 21.5.